The van der Waals surface area contributed by atoms with Crippen LogP contribution in [0, 0.1) is 11.7 Å². The molecule has 1 unspecified atom stereocenters. The van der Waals surface area contributed by atoms with Crippen LogP contribution in [0.2, 0.25) is 0 Å². The average molecular weight is 615 g/mol. The molecule has 2 N–H and O–H groups in total. The minimum atomic E-state index is -1.33. The van der Waals surface area contributed by atoms with Crippen LogP contribution in [0.3, 0.4) is 0 Å². The van der Waals surface area contributed by atoms with E-state index in [1.165, 1.54) is 6.07 Å². The summed E-state index contributed by atoms with van der Waals surface area (Å²) in [7, 11) is 0. The Kier molecular flexibility index (Phi) is 9.14. The van der Waals surface area contributed by atoms with Crippen molar-refractivity contribution in [2.75, 3.05) is 19.7 Å². The van der Waals surface area contributed by atoms with Gasteiger partial charge in [-0.3, -0.25) is 14.7 Å². The second-order valence-electron chi connectivity index (χ2n) is 12.8. The van der Waals surface area contributed by atoms with Gasteiger partial charge in [0, 0.05) is 47.4 Å². The number of halogens is 2. The van der Waals surface area contributed by atoms with Crippen molar-refractivity contribution < 1.29 is 18.7 Å². The molecule has 1 saturated heterocycles. The lowest BCUT2D eigenvalue weighted by molar-refractivity contribution is 0.0820. The summed E-state index contributed by atoms with van der Waals surface area (Å²) in [5.41, 5.74) is 2.93. The standard InChI is InChI=1S/C35H40F2N6O2/c1-22(2)35(37)11-8-31-27(18-35)16-25-15-26(17-29(36)33(25)41-31)34(45)42-32(10-14-43-13-4-3-5-28(43)21-44)23-6-7-30(38-19-23)24-9-12-39-40-20-24/h6-7,9,12,15-17,19-20,22,28,32,44H,3-5,8,10-11,13-14,18,21H2,1-2H3,(H,42,45)/t28?,32-,35+/m1/s1. The number of aromatic nitrogens is 4. The molecule has 45 heavy (non-hydrogen) atoms. The number of carbonyl (C=O) groups is 1. The van der Waals surface area contributed by atoms with Gasteiger partial charge in [-0.1, -0.05) is 26.3 Å². The first-order valence-corrected chi connectivity index (χ1v) is 15.9. The second-order valence-corrected chi connectivity index (χ2v) is 12.8. The van der Waals surface area contributed by atoms with Crippen LogP contribution >= 0.6 is 0 Å². The fourth-order valence-corrected chi connectivity index (χ4v) is 6.69. The molecule has 4 aromatic rings. The van der Waals surface area contributed by atoms with Crippen LogP contribution in [-0.4, -0.2) is 67.5 Å². The van der Waals surface area contributed by atoms with Gasteiger partial charge in [-0.2, -0.15) is 10.2 Å². The number of likely N-dealkylation sites (tertiary alicyclic amines) is 1. The first-order valence-electron chi connectivity index (χ1n) is 15.9. The molecule has 1 aliphatic carbocycles. The number of nitrogens with zero attached hydrogens (tertiary/aromatic N) is 5. The van der Waals surface area contributed by atoms with Crippen molar-refractivity contribution in [1.29, 1.82) is 0 Å². The van der Waals surface area contributed by atoms with Crippen LogP contribution in [0.4, 0.5) is 8.78 Å². The Labute approximate surface area is 262 Å². The Bertz CT molecular complexity index is 1650. The molecule has 1 aromatic carbocycles. The van der Waals surface area contributed by atoms with E-state index in [1.54, 1.807) is 30.7 Å². The molecule has 0 radical (unpaired) electrons. The number of aryl methyl sites for hydroxylation is 1. The highest BCUT2D eigenvalue weighted by molar-refractivity contribution is 5.98. The predicted octanol–water partition coefficient (Wildman–Crippen LogP) is 5.79. The number of piperidine rings is 1. The van der Waals surface area contributed by atoms with Crippen molar-refractivity contribution in [2.24, 2.45) is 5.92 Å². The number of aliphatic hydroxyl groups excluding tert-OH is 1. The summed E-state index contributed by atoms with van der Waals surface area (Å²) >= 11 is 0. The minimum Gasteiger partial charge on any atom is -0.395 e. The largest absolute Gasteiger partial charge is 0.395 e. The third-order valence-corrected chi connectivity index (χ3v) is 9.64. The van der Waals surface area contributed by atoms with Crippen LogP contribution < -0.4 is 5.32 Å². The average Bonchev–Trinajstić information content (AvgIpc) is 3.06. The van der Waals surface area contributed by atoms with E-state index >= 15 is 8.78 Å². The van der Waals surface area contributed by atoms with Gasteiger partial charge in [-0.15, -0.1) is 0 Å². The molecule has 0 spiro atoms. The monoisotopic (exact) mass is 614 g/mol. The number of aliphatic hydroxyl groups is 1. The van der Waals surface area contributed by atoms with Crippen molar-refractivity contribution in [1.82, 2.24) is 30.4 Å². The third kappa shape index (κ3) is 6.72. The van der Waals surface area contributed by atoms with Crippen LogP contribution in [-0.2, 0) is 12.8 Å². The van der Waals surface area contributed by atoms with E-state index in [0.29, 0.717) is 31.2 Å². The summed E-state index contributed by atoms with van der Waals surface area (Å²) < 4.78 is 31.0. The normalized spacial score (nSPS) is 21.1. The van der Waals surface area contributed by atoms with E-state index in [9.17, 15) is 9.90 Å². The van der Waals surface area contributed by atoms with Crippen LogP contribution in [0.15, 0.2) is 55.0 Å². The van der Waals surface area contributed by atoms with Gasteiger partial charge in [0.15, 0.2) is 0 Å². The van der Waals surface area contributed by atoms with Crippen molar-refractivity contribution in [3.63, 3.8) is 0 Å². The molecule has 0 saturated carbocycles. The maximum Gasteiger partial charge on any atom is 0.251 e. The Hall–Kier alpha value is -3.89. The first-order chi connectivity index (χ1) is 21.7. The fourth-order valence-electron chi connectivity index (χ4n) is 6.69. The van der Waals surface area contributed by atoms with E-state index in [-0.39, 0.29) is 36.1 Å². The molecule has 1 amide bonds. The Morgan fingerprint density at radius 2 is 2.02 bits per heavy atom. The van der Waals surface area contributed by atoms with Gasteiger partial charge >= 0.3 is 0 Å². The molecule has 0 bridgehead atoms. The number of pyridine rings is 2. The van der Waals surface area contributed by atoms with Gasteiger partial charge in [0.05, 0.1) is 30.7 Å². The smallest absolute Gasteiger partial charge is 0.251 e. The van der Waals surface area contributed by atoms with Crippen LogP contribution in [0.5, 0.6) is 0 Å². The molecular formula is C35H40F2N6O2. The van der Waals surface area contributed by atoms with E-state index < -0.39 is 23.4 Å². The van der Waals surface area contributed by atoms with E-state index in [0.717, 1.165) is 53.9 Å². The highest BCUT2D eigenvalue weighted by atomic mass is 19.1. The zero-order chi connectivity index (χ0) is 31.6. The topological polar surface area (TPSA) is 104 Å². The minimum absolute atomic E-state index is 0.0987. The molecule has 6 rings (SSSR count). The van der Waals surface area contributed by atoms with Gasteiger partial charge in [0.25, 0.3) is 5.91 Å². The van der Waals surface area contributed by atoms with Gasteiger partial charge in [0.2, 0.25) is 0 Å². The number of hydrogen-bond acceptors (Lipinski definition) is 7. The van der Waals surface area contributed by atoms with E-state index in [2.05, 4.69) is 30.4 Å². The number of amides is 1. The summed E-state index contributed by atoms with van der Waals surface area (Å²) in [6.07, 6.45) is 9.73. The fraction of sp³-hybridized carbons (Fsp3) is 0.457. The third-order valence-electron chi connectivity index (χ3n) is 9.64. The Balaban J connectivity index is 1.27. The number of benzene rings is 1. The maximum atomic E-state index is 15.5. The molecule has 3 aromatic heterocycles. The van der Waals surface area contributed by atoms with Crippen LogP contribution in [0.1, 0.15) is 79.2 Å². The Morgan fingerprint density at radius 3 is 2.76 bits per heavy atom. The van der Waals surface area contributed by atoms with Crippen molar-refractivity contribution in [2.45, 2.75) is 76.5 Å². The number of carbonyl (C=O) groups excluding carboxylic acids is 1. The zero-order valence-corrected chi connectivity index (χ0v) is 25.8. The van der Waals surface area contributed by atoms with Gasteiger partial charge in [-0.25, -0.2) is 13.8 Å². The molecule has 2 aliphatic rings. The van der Waals surface area contributed by atoms with Gasteiger partial charge < -0.3 is 10.4 Å². The maximum absolute atomic E-state index is 15.5. The van der Waals surface area contributed by atoms with Crippen molar-refractivity contribution >= 4 is 16.8 Å². The lowest BCUT2D eigenvalue weighted by atomic mass is 9.77. The lowest BCUT2D eigenvalue weighted by Crippen LogP contribution is -2.43. The molecular weight excluding hydrogens is 574 g/mol. The van der Waals surface area contributed by atoms with E-state index in [4.69, 9.17) is 0 Å². The van der Waals surface area contributed by atoms with Crippen molar-refractivity contribution in [3.05, 3.63) is 83.2 Å². The molecule has 4 heterocycles. The first kappa shape index (κ1) is 31.1. The van der Waals surface area contributed by atoms with Gasteiger partial charge in [-0.05, 0) is 86.0 Å². The number of alkyl halides is 1. The summed E-state index contributed by atoms with van der Waals surface area (Å²) in [4.78, 5) is 25.2. The van der Waals surface area contributed by atoms with Crippen molar-refractivity contribution in [3.8, 4) is 11.3 Å². The van der Waals surface area contributed by atoms with Crippen LogP contribution in [0.25, 0.3) is 22.2 Å². The quantitative estimate of drug-likeness (QED) is 0.246. The Morgan fingerprint density at radius 1 is 1.16 bits per heavy atom. The number of fused-ring (bicyclic) bond motifs is 2. The molecule has 3 atom stereocenters. The summed E-state index contributed by atoms with van der Waals surface area (Å²) in [5, 5.41) is 21.3. The molecule has 1 aliphatic heterocycles. The number of nitrogens with one attached hydrogen (secondary N) is 1. The SMILES string of the molecule is CC(C)[C@]1(F)CCc2nc3c(F)cc(C(=O)N[C@H](CCN4CCCCC4CO)c4ccc(-c5ccnnc5)nc4)cc3cc2C1. The molecule has 1 fully saturated rings. The lowest BCUT2D eigenvalue weighted by Gasteiger charge is -2.35. The number of hydrogen-bond donors (Lipinski definition) is 2. The molecule has 236 valence electrons. The second kappa shape index (κ2) is 13.2. The highest BCUT2D eigenvalue weighted by Crippen LogP contribution is 2.38. The number of rotatable bonds is 9. The summed E-state index contributed by atoms with van der Waals surface area (Å²) in [5.74, 6) is -1.14. The summed E-state index contributed by atoms with van der Waals surface area (Å²) in [6.45, 7) is 5.43. The summed E-state index contributed by atoms with van der Waals surface area (Å²) in [6, 6.07) is 10.0. The predicted molar refractivity (Wildman–Crippen MR) is 169 cm³/mol. The molecule has 8 nitrogen and oxygen atoms in total. The zero-order valence-electron chi connectivity index (χ0n) is 25.8. The van der Waals surface area contributed by atoms with Gasteiger partial charge in [0.1, 0.15) is 17.0 Å². The molecule has 10 heteroatoms. The van der Waals surface area contributed by atoms with E-state index in [1.807, 2.05) is 32.0 Å². The highest BCUT2D eigenvalue weighted by Gasteiger charge is 2.38.